The Morgan fingerprint density at radius 3 is 2.08 bits per heavy atom. The first-order valence-corrected chi connectivity index (χ1v) is 18.1. The van der Waals surface area contributed by atoms with E-state index in [1.54, 1.807) is 0 Å². The third-order valence-electron chi connectivity index (χ3n) is 10.9. The second-order valence-corrected chi connectivity index (χ2v) is 15.2. The molecule has 6 aromatic carbocycles. The number of hydrogen-bond acceptors (Lipinski definition) is 2. The van der Waals surface area contributed by atoms with Crippen molar-refractivity contribution in [1.29, 1.82) is 0 Å². The van der Waals surface area contributed by atoms with Crippen molar-refractivity contribution in [3.05, 3.63) is 162 Å². The van der Waals surface area contributed by atoms with Gasteiger partial charge in [0.15, 0.2) is 0 Å². The molecule has 7 aromatic rings. The van der Waals surface area contributed by atoms with Gasteiger partial charge in [0.05, 0.1) is 10.4 Å². The normalized spacial score (nSPS) is 17.8. The average Bonchev–Trinajstić information content (AvgIpc) is 3.63. The quantitative estimate of drug-likeness (QED) is 0.170. The van der Waals surface area contributed by atoms with Gasteiger partial charge in [-0.1, -0.05) is 136 Å². The van der Waals surface area contributed by atoms with Gasteiger partial charge in [-0.2, -0.15) is 0 Å². The Balaban J connectivity index is 1.23. The third-order valence-corrected chi connectivity index (χ3v) is 12.2. The van der Waals surface area contributed by atoms with Crippen LogP contribution in [-0.2, 0) is 5.41 Å². The lowest BCUT2D eigenvalue weighted by molar-refractivity contribution is 0.469. The van der Waals surface area contributed by atoms with Gasteiger partial charge in [0.2, 0.25) is 0 Å². The Kier molecular flexibility index (Phi) is 6.92. The van der Waals surface area contributed by atoms with Gasteiger partial charge in [-0.3, -0.25) is 0 Å². The maximum atomic E-state index is 2.47. The van der Waals surface area contributed by atoms with E-state index in [0.29, 0.717) is 11.8 Å². The lowest BCUT2D eigenvalue weighted by atomic mass is 9.81. The summed E-state index contributed by atoms with van der Waals surface area (Å²) in [6, 6.07) is 49.7. The van der Waals surface area contributed by atoms with E-state index in [4.69, 9.17) is 0 Å². The van der Waals surface area contributed by atoms with Crippen LogP contribution in [-0.4, -0.2) is 0 Å². The smallest absolute Gasteiger partial charge is 0.0640 e. The predicted octanol–water partition coefficient (Wildman–Crippen LogP) is 13.6. The van der Waals surface area contributed by atoms with Gasteiger partial charge in [0, 0.05) is 43.7 Å². The van der Waals surface area contributed by atoms with Gasteiger partial charge in [-0.25, -0.2) is 0 Å². The van der Waals surface area contributed by atoms with E-state index in [1.165, 1.54) is 83.3 Å². The monoisotopic (exact) mass is 637 g/mol. The third kappa shape index (κ3) is 4.58. The molecule has 2 unspecified atom stereocenters. The Hall–Kier alpha value is -4.92. The van der Waals surface area contributed by atoms with Crippen molar-refractivity contribution in [2.24, 2.45) is 5.92 Å². The van der Waals surface area contributed by atoms with Crippen LogP contribution in [0.15, 0.2) is 146 Å². The molecular weight excluding hydrogens is 599 g/mol. The summed E-state index contributed by atoms with van der Waals surface area (Å²) in [7, 11) is 0. The molecule has 0 bridgehead atoms. The minimum atomic E-state index is -0.0155. The number of anilines is 3. The minimum absolute atomic E-state index is 0.0155. The summed E-state index contributed by atoms with van der Waals surface area (Å²) < 4.78 is 2.71. The SMILES string of the molecule is CC1CCC=CC1c1ccc(N(c2ccc(-c3ccccc3)cc2)c2cccc3c2sc2c4c(ccc23)C(C)(C)c2ccccc2-4)cc1. The Labute approximate surface area is 287 Å². The van der Waals surface area contributed by atoms with Crippen molar-refractivity contribution in [3.8, 4) is 22.3 Å². The molecule has 2 heteroatoms. The van der Waals surface area contributed by atoms with Gasteiger partial charge in [-0.15, -0.1) is 11.3 Å². The summed E-state index contributed by atoms with van der Waals surface area (Å²) in [5.74, 6) is 1.14. The number of rotatable bonds is 5. The van der Waals surface area contributed by atoms with Crippen molar-refractivity contribution in [2.45, 2.75) is 44.9 Å². The first kappa shape index (κ1) is 29.2. The zero-order chi connectivity index (χ0) is 32.4. The van der Waals surface area contributed by atoms with Crippen LogP contribution in [0.5, 0.6) is 0 Å². The van der Waals surface area contributed by atoms with Gasteiger partial charge < -0.3 is 4.90 Å². The molecule has 48 heavy (non-hydrogen) atoms. The maximum Gasteiger partial charge on any atom is 0.0640 e. The molecule has 2 aliphatic rings. The van der Waals surface area contributed by atoms with Crippen molar-refractivity contribution < 1.29 is 0 Å². The van der Waals surface area contributed by atoms with Gasteiger partial charge in [0.1, 0.15) is 0 Å². The number of allylic oxidation sites excluding steroid dienone is 2. The molecule has 1 heterocycles. The molecule has 0 amide bonds. The van der Waals surface area contributed by atoms with Gasteiger partial charge in [-0.05, 0) is 82.5 Å². The molecule has 0 radical (unpaired) electrons. The Morgan fingerprint density at radius 1 is 0.625 bits per heavy atom. The fourth-order valence-corrected chi connectivity index (χ4v) is 9.69. The molecule has 234 valence electrons. The molecule has 0 saturated carbocycles. The highest BCUT2D eigenvalue weighted by atomic mass is 32.1. The van der Waals surface area contributed by atoms with E-state index >= 15 is 0 Å². The number of fused-ring (bicyclic) bond motifs is 7. The van der Waals surface area contributed by atoms with Crippen LogP contribution < -0.4 is 4.90 Å². The highest BCUT2D eigenvalue weighted by Gasteiger charge is 2.37. The fourth-order valence-electron chi connectivity index (χ4n) is 8.32. The van der Waals surface area contributed by atoms with E-state index in [2.05, 4.69) is 171 Å². The summed E-state index contributed by atoms with van der Waals surface area (Å²) >= 11 is 1.95. The summed E-state index contributed by atoms with van der Waals surface area (Å²) in [6.07, 6.45) is 7.22. The molecule has 1 aromatic heterocycles. The topological polar surface area (TPSA) is 3.24 Å². The van der Waals surface area contributed by atoms with E-state index in [0.717, 1.165) is 5.69 Å². The van der Waals surface area contributed by atoms with E-state index in [-0.39, 0.29) is 5.41 Å². The summed E-state index contributed by atoms with van der Waals surface area (Å²) in [6.45, 7) is 7.13. The number of hydrogen-bond donors (Lipinski definition) is 0. The van der Waals surface area contributed by atoms with Crippen molar-refractivity contribution in [3.63, 3.8) is 0 Å². The second-order valence-electron chi connectivity index (χ2n) is 14.1. The molecule has 0 saturated heterocycles. The Morgan fingerprint density at radius 2 is 1.31 bits per heavy atom. The minimum Gasteiger partial charge on any atom is -0.309 e. The summed E-state index contributed by atoms with van der Waals surface area (Å²) in [5.41, 5.74) is 13.1. The van der Waals surface area contributed by atoms with Crippen molar-refractivity contribution in [2.75, 3.05) is 4.90 Å². The molecule has 0 spiro atoms. The van der Waals surface area contributed by atoms with E-state index < -0.39 is 0 Å². The summed E-state index contributed by atoms with van der Waals surface area (Å²) in [5, 5.41) is 2.66. The molecule has 0 aliphatic heterocycles. The first-order valence-electron chi connectivity index (χ1n) is 17.3. The highest BCUT2D eigenvalue weighted by molar-refractivity contribution is 7.27. The predicted molar refractivity (Wildman–Crippen MR) is 207 cm³/mol. The molecule has 0 N–H and O–H groups in total. The number of thiophene rings is 1. The summed E-state index contributed by atoms with van der Waals surface area (Å²) in [4.78, 5) is 2.47. The van der Waals surface area contributed by atoms with Crippen LogP contribution in [0.4, 0.5) is 17.1 Å². The lowest BCUT2D eigenvalue weighted by Gasteiger charge is -2.28. The van der Waals surface area contributed by atoms with Crippen LogP contribution in [0.1, 0.15) is 56.2 Å². The number of nitrogens with zero attached hydrogens (tertiary/aromatic N) is 1. The van der Waals surface area contributed by atoms with E-state index in [9.17, 15) is 0 Å². The van der Waals surface area contributed by atoms with Crippen LogP contribution >= 0.6 is 11.3 Å². The van der Waals surface area contributed by atoms with Crippen LogP contribution in [0.3, 0.4) is 0 Å². The van der Waals surface area contributed by atoms with Gasteiger partial charge >= 0.3 is 0 Å². The molecule has 2 atom stereocenters. The van der Waals surface area contributed by atoms with Crippen molar-refractivity contribution >= 4 is 48.6 Å². The van der Waals surface area contributed by atoms with Crippen LogP contribution in [0.25, 0.3) is 42.4 Å². The first-order chi connectivity index (χ1) is 23.5. The van der Waals surface area contributed by atoms with Crippen molar-refractivity contribution in [1.82, 2.24) is 0 Å². The molecule has 0 fully saturated rings. The average molecular weight is 638 g/mol. The zero-order valence-electron chi connectivity index (χ0n) is 27.8. The van der Waals surface area contributed by atoms with Crippen LogP contribution in [0, 0.1) is 5.92 Å². The van der Waals surface area contributed by atoms with E-state index in [1.807, 2.05) is 11.3 Å². The second kappa shape index (κ2) is 11.4. The Bertz CT molecular complexity index is 2320. The maximum absolute atomic E-state index is 2.47. The van der Waals surface area contributed by atoms with Gasteiger partial charge in [0.25, 0.3) is 0 Å². The highest BCUT2D eigenvalue weighted by Crippen LogP contribution is 2.55. The standard InChI is InChI=1S/C46H39NS/c1-30-12-7-8-15-36(30)33-22-26-35(27-23-33)47(34-24-20-32(21-25-34)31-13-5-4-6-14-31)42-19-11-17-37-38-28-29-41-43(45(38)48-44(37)42)39-16-9-10-18-40(39)46(41,2)3/h4-6,8-11,13-30,36H,7,12H2,1-3H3. The largest absolute Gasteiger partial charge is 0.309 e. The number of benzene rings is 6. The fraction of sp³-hybridized carbons (Fsp3) is 0.174. The lowest BCUT2D eigenvalue weighted by Crippen LogP contribution is -2.14. The molecule has 9 rings (SSSR count). The molecular formula is C46H39NS. The zero-order valence-corrected chi connectivity index (χ0v) is 28.6. The molecule has 2 aliphatic carbocycles. The molecule has 1 nitrogen and oxygen atoms in total. The van der Waals surface area contributed by atoms with Crippen LogP contribution in [0.2, 0.25) is 0 Å².